The van der Waals surface area contributed by atoms with Gasteiger partial charge in [0.15, 0.2) is 0 Å². The number of rotatable bonds is 5. The minimum Gasteiger partial charge on any atom is -0.344 e. The Balaban J connectivity index is 1.57. The lowest BCUT2D eigenvalue weighted by atomic mass is 10.0. The van der Waals surface area contributed by atoms with Gasteiger partial charge in [-0.2, -0.15) is 5.10 Å². The highest BCUT2D eigenvalue weighted by atomic mass is 16.2. The van der Waals surface area contributed by atoms with Gasteiger partial charge in [-0.3, -0.25) is 14.3 Å². The third-order valence-electron chi connectivity index (χ3n) is 4.45. The van der Waals surface area contributed by atoms with Crippen molar-refractivity contribution in [2.24, 2.45) is 0 Å². The second-order valence-corrected chi connectivity index (χ2v) is 6.62. The quantitative estimate of drug-likeness (QED) is 0.907. The van der Waals surface area contributed by atoms with Crippen molar-refractivity contribution in [2.75, 3.05) is 11.4 Å². The lowest BCUT2D eigenvalue weighted by Gasteiger charge is -2.32. The van der Waals surface area contributed by atoms with E-state index in [1.165, 1.54) is 0 Å². The van der Waals surface area contributed by atoms with Crippen LogP contribution in [0.2, 0.25) is 0 Å². The molecule has 1 fully saturated rings. The molecule has 0 saturated carbocycles. The SMILES string of the molecule is Cc1ccc(N2CCC[C@@H](NC(=O)CCn3cc(C)cn3)C2=O)cc1. The van der Waals surface area contributed by atoms with Crippen LogP contribution in [0.5, 0.6) is 0 Å². The van der Waals surface area contributed by atoms with Gasteiger partial charge in [-0.15, -0.1) is 0 Å². The molecular formula is C19H24N4O2. The number of benzene rings is 1. The van der Waals surface area contributed by atoms with Crippen LogP contribution < -0.4 is 10.2 Å². The molecule has 2 heterocycles. The smallest absolute Gasteiger partial charge is 0.249 e. The van der Waals surface area contributed by atoms with Crippen LogP contribution in [0.1, 0.15) is 30.4 Å². The lowest BCUT2D eigenvalue weighted by Crippen LogP contribution is -2.52. The molecule has 3 rings (SSSR count). The predicted octanol–water partition coefficient (Wildman–Crippen LogP) is 2.20. The van der Waals surface area contributed by atoms with Gasteiger partial charge in [0.25, 0.3) is 0 Å². The number of nitrogens with zero attached hydrogens (tertiary/aromatic N) is 3. The number of anilines is 1. The van der Waals surface area contributed by atoms with Crippen LogP contribution in [0, 0.1) is 13.8 Å². The number of carbonyl (C=O) groups excluding carboxylic acids is 2. The number of piperidine rings is 1. The van der Waals surface area contributed by atoms with Gasteiger partial charge in [-0.05, 0) is 44.4 Å². The number of aryl methyl sites for hydroxylation is 3. The molecule has 1 saturated heterocycles. The molecule has 2 amide bonds. The fourth-order valence-corrected chi connectivity index (χ4v) is 3.06. The van der Waals surface area contributed by atoms with Crippen LogP contribution in [-0.4, -0.2) is 34.2 Å². The second-order valence-electron chi connectivity index (χ2n) is 6.62. The van der Waals surface area contributed by atoms with Gasteiger partial charge in [0, 0.05) is 31.4 Å². The molecular weight excluding hydrogens is 316 g/mol. The maximum atomic E-state index is 12.7. The summed E-state index contributed by atoms with van der Waals surface area (Å²) in [4.78, 5) is 26.7. The van der Waals surface area contributed by atoms with Crippen molar-refractivity contribution in [2.45, 2.75) is 45.7 Å². The summed E-state index contributed by atoms with van der Waals surface area (Å²) in [7, 11) is 0. The number of carbonyl (C=O) groups is 2. The first-order chi connectivity index (χ1) is 12.0. The maximum absolute atomic E-state index is 12.7. The van der Waals surface area contributed by atoms with Gasteiger partial charge in [0.05, 0.1) is 6.20 Å². The van der Waals surface area contributed by atoms with Gasteiger partial charge in [-0.1, -0.05) is 17.7 Å². The van der Waals surface area contributed by atoms with Gasteiger partial charge in [-0.25, -0.2) is 0 Å². The minimum atomic E-state index is -0.443. The Labute approximate surface area is 147 Å². The van der Waals surface area contributed by atoms with Crippen molar-refractivity contribution in [3.63, 3.8) is 0 Å². The molecule has 1 aliphatic heterocycles. The first kappa shape index (κ1) is 17.2. The summed E-state index contributed by atoms with van der Waals surface area (Å²) < 4.78 is 1.75. The average molecular weight is 340 g/mol. The maximum Gasteiger partial charge on any atom is 0.249 e. The van der Waals surface area contributed by atoms with Crippen LogP contribution in [-0.2, 0) is 16.1 Å². The number of hydrogen-bond donors (Lipinski definition) is 1. The Morgan fingerprint density at radius 3 is 2.68 bits per heavy atom. The Hall–Kier alpha value is -2.63. The van der Waals surface area contributed by atoms with E-state index in [1.54, 1.807) is 15.8 Å². The first-order valence-electron chi connectivity index (χ1n) is 8.69. The van der Waals surface area contributed by atoms with E-state index in [0.717, 1.165) is 23.2 Å². The van der Waals surface area contributed by atoms with Crippen LogP contribution >= 0.6 is 0 Å². The normalized spacial score (nSPS) is 17.6. The summed E-state index contributed by atoms with van der Waals surface area (Å²) in [6.07, 6.45) is 5.55. The van der Waals surface area contributed by atoms with Crippen molar-refractivity contribution >= 4 is 17.5 Å². The van der Waals surface area contributed by atoms with E-state index in [2.05, 4.69) is 10.4 Å². The van der Waals surface area contributed by atoms with Crippen molar-refractivity contribution in [3.05, 3.63) is 47.8 Å². The second kappa shape index (κ2) is 7.51. The molecule has 1 aromatic heterocycles. The zero-order chi connectivity index (χ0) is 17.8. The molecule has 0 unspecified atom stereocenters. The Morgan fingerprint density at radius 2 is 2.00 bits per heavy atom. The molecule has 6 nitrogen and oxygen atoms in total. The van der Waals surface area contributed by atoms with Crippen molar-refractivity contribution in [3.8, 4) is 0 Å². The monoisotopic (exact) mass is 340 g/mol. The van der Waals surface area contributed by atoms with E-state index in [9.17, 15) is 9.59 Å². The highest BCUT2D eigenvalue weighted by molar-refractivity contribution is 5.99. The van der Waals surface area contributed by atoms with Crippen LogP contribution in [0.25, 0.3) is 0 Å². The zero-order valence-corrected chi connectivity index (χ0v) is 14.7. The molecule has 25 heavy (non-hydrogen) atoms. The van der Waals surface area contributed by atoms with Crippen molar-refractivity contribution in [1.29, 1.82) is 0 Å². The molecule has 1 aromatic carbocycles. The summed E-state index contributed by atoms with van der Waals surface area (Å²) in [5, 5.41) is 7.06. The van der Waals surface area contributed by atoms with E-state index in [1.807, 2.05) is 44.3 Å². The third kappa shape index (κ3) is 4.26. The lowest BCUT2D eigenvalue weighted by molar-refractivity contribution is -0.128. The first-order valence-corrected chi connectivity index (χ1v) is 8.69. The largest absolute Gasteiger partial charge is 0.344 e. The summed E-state index contributed by atoms with van der Waals surface area (Å²) in [5.41, 5.74) is 3.12. The van der Waals surface area contributed by atoms with Gasteiger partial charge >= 0.3 is 0 Å². The summed E-state index contributed by atoms with van der Waals surface area (Å²) in [6.45, 7) is 5.19. The number of amides is 2. The van der Waals surface area contributed by atoms with E-state index >= 15 is 0 Å². The molecule has 0 aliphatic carbocycles. The Kier molecular flexibility index (Phi) is 5.16. The molecule has 0 spiro atoms. The fraction of sp³-hybridized carbons (Fsp3) is 0.421. The molecule has 1 N–H and O–H groups in total. The van der Waals surface area contributed by atoms with E-state index < -0.39 is 6.04 Å². The van der Waals surface area contributed by atoms with Gasteiger partial charge < -0.3 is 10.2 Å². The molecule has 2 aromatic rings. The summed E-state index contributed by atoms with van der Waals surface area (Å²) in [5.74, 6) is -0.143. The predicted molar refractivity (Wildman–Crippen MR) is 96.3 cm³/mol. The zero-order valence-electron chi connectivity index (χ0n) is 14.7. The van der Waals surface area contributed by atoms with Gasteiger partial charge in [0.1, 0.15) is 6.04 Å². The summed E-state index contributed by atoms with van der Waals surface area (Å²) >= 11 is 0. The molecule has 0 radical (unpaired) electrons. The summed E-state index contributed by atoms with van der Waals surface area (Å²) in [6, 6.07) is 7.46. The topological polar surface area (TPSA) is 67.2 Å². The number of nitrogens with one attached hydrogen (secondary N) is 1. The van der Waals surface area contributed by atoms with E-state index in [0.29, 0.717) is 25.9 Å². The van der Waals surface area contributed by atoms with Crippen LogP contribution in [0.4, 0.5) is 5.69 Å². The van der Waals surface area contributed by atoms with Crippen LogP contribution in [0.15, 0.2) is 36.7 Å². The van der Waals surface area contributed by atoms with E-state index in [-0.39, 0.29) is 11.8 Å². The number of aromatic nitrogens is 2. The average Bonchev–Trinajstić information content (AvgIpc) is 3.01. The highest BCUT2D eigenvalue weighted by Crippen LogP contribution is 2.21. The standard InChI is InChI=1S/C19H24N4O2/c1-14-5-7-16(8-6-14)23-10-3-4-17(19(23)25)21-18(24)9-11-22-13-15(2)12-20-22/h5-8,12-13,17H,3-4,9-11H2,1-2H3,(H,21,24)/t17-/m1/s1. The molecule has 1 atom stereocenters. The van der Waals surface area contributed by atoms with Crippen molar-refractivity contribution < 1.29 is 9.59 Å². The van der Waals surface area contributed by atoms with E-state index in [4.69, 9.17) is 0 Å². The third-order valence-corrected chi connectivity index (χ3v) is 4.45. The highest BCUT2D eigenvalue weighted by Gasteiger charge is 2.30. The fourth-order valence-electron chi connectivity index (χ4n) is 3.06. The van der Waals surface area contributed by atoms with Crippen LogP contribution in [0.3, 0.4) is 0 Å². The minimum absolute atomic E-state index is 0.0293. The Bertz CT molecular complexity index is 751. The number of hydrogen-bond acceptors (Lipinski definition) is 3. The van der Waals surface area contributed by atoms with Crippen molar-refractivity contribution in [1.82, 2.24) is 15.1 Å². The molecule has 6 heteroatoms. The molecule has 132 valence electrons. The molecule has 1 aliphatic rings. The van der Waals surface area contributed by atoms with Gasteiger partial charge in [0.2, 0.25) is 11.8 Å². The molecule has 0 bridgehead atoms. The Morgan fingerprint density at radius 1 is 1.24 bits per heavy atom.